The average molecular weight is 261 g/mol. The first kappa shape index (κ1) is 13.0. The van der Waals surface area contributed by atoms with Gasteiger partial charge in [0.25, 0.3) is 5.56 Å². The van der Waals surface area contributed by atoms with Gasteiger partial charge >= 0.3 is 5.97 Å². The summed E-state index contributed by atoms with van der Waals surface area (Å²) in [7, 11) is 0. The minimum absolute atomic E-state index is 0.288. The average Bonchev–Trinajstić information content (AvgIpc) is 2.33. The number of carboxylic acid groups (broad SMARTS) is 1. The number of carboxylic acids is 1. The fourth-order valence-corrected chi connectivity index (χ4v) is 1.90. The van der Waals surface area contributed by atoms with Crippen LogP contribution in [-0.4, -0.2) is 15.6 Å². The van der Waals surface area contributed by atoms with Gasteiger partial charge in [0.1, 0.15) is 11.4 Å². The van der Waals surface area contributed by atoms with Gasteiger partial charge in [-0.1, -0.05) is 6.07 Å². The number of aromatic nitrogens is 1. The van der Waals surface area contributed by atoms with E-state index < -0.39 is 17.3 Å². The Morgan fingerprint density at radius 2 is 2.00 bits per heavy atom. The van der Waals surface area contributed by atoms with E-state index in [2.05, 4.69) is 0 Å². The maximum atomic E-state index is 13.2. The summed E-state index contributed by atoms with van der Waals surface area (Å²) in [5.41, 5.74) is 0.424. The highest BCUT2D eigenvalue weighted by Crippen LogP contribution is 2.13. The topological polar surface area (TPSA) is 59.3 Å². The lowest BCUT2D eigenvalue weighted by Crippen LogP contribution is -2.27. The van der Waals surface area contributed by atoms with E-state index in [0.717, 1.165) is 4.57 Å². The second kappa shape index (κ2) is 4.68. The van der Waals surface area contributed by atoms with Gasteiger partial charge in [0.05, 0.1) is 5.69 Å². The van der Waals surface area contributed by atoms with Crippen molar-refractivity contribution < 1.29 is 14.3 Å². The van der Waals surface area contributed by atoms with Crippen LogP contribution in [0.25, 0.3) is 5.69 Å². The highest BCUT2D eigenvalue weighted by atomic mass is 19.1. The Hall–Kier alpha value is -2.43. The molecule has 1 aromatic heterocycles. The first-order chi connectivity index (χ1) is 8.91. The van der Waals surface area contributed by atoms with Crippen molar-refractivity contribution in [2.24, 2.45) is 0 Å². The van der Waals surface area contributed by atoms with Gasteiger partial charge in [-0.2, -0.15) is 0 Å². The zero-order valence-electron chi connectivity index (χ0n) is 10.5. The van der Waals surface area contributed by atoms with Crippen molar-refractivity contribution in [1.29, 1.82) is 0 Å². The molecule has 1 N–H and O–H groups in total. The van der Waals surface area contributed by atoms with Crippen LogP contribution in [-0.2, 0) is 0 Å². The third kappa shape index (κ3) is 2.27. The summed E-state index contributed by atoms with van der Waals surface area (Å²) in [4.78, 5) is 23.3. The molecule has 0 saturated heterocycles. The molecule has 0 atom stereocenters. The number of pyridine rings is 1. The molecule has 19 heavy (non-hydrogen) atoms. The first-order valence-electron chi connectivity index (χ1n) is 5.64. The number of nitrogens with zero attached hydrogens (tertiary/aromatic N) is 1. The van der Waals surface area contributed by atoms with Crippen LogP contribution in [0.4, 0.5) is 4.39 Å². The molecule has 0 fully saturated rings. The van der Waals surface area contributed by atoms with Crippen molar-refractivity contribution in [3.05, 3.63) is 63.3 Å². The molecule has 0 aliphatic rings. The van der Waals surface area contributed by atoms with Gasteiger partial charge in [0.2, 0.25) is 0 Å². The minimum Gasteiger partial charge on any atom is -0.477 e. The fraction of sp³-hybridized carbons (Fsp3) is 0.143. The van der Waals surface area contributed by atoms with Crippen molar-refractivity contribution in [3.8, 4) is 5.69 Å². The molecule has 1 heterocycles. The van der Waals surface area contributed by atoms with Crippen LogP contribution >= 0.6 is 0 Å². The van der Waals surface area contributed by atoms with Gasteiger partial charge < -0.3 is 5.11 Å². The zero-order valence-corrected chi connectivity index (χ0v) is 10.5. The molecule has 0 aliphatic heterocycles. The van der Waals surface area contributed by atoms with Gasteiger partial charge in [-0.15, -0.1) is 0 Å². The number of aromatic carboxylic acids is 1. The molecule has 5 heteroatoms. The SMILES string of the molecule is Cc1cn(-c2cccc(F)c2)c(=O)c(C(=O)O)c1C. The summed E-state index contributed by atoms with van der Waals surface area (Å²) in [6.45, 7) is 3.28. The first-order valence-corrected chi connectivity index (χ1v) is 5.64. The monoisotopic (exact) mass is 261 g/mol. The highest BCUT2D eigenvalue weighted by molar-refractivity contribution is 5.89. The Labute approximate surface area is 108 Å². The van der Waals surface area contributed by atoms with Crippen LogP contribution in [0, 0.1) is 19.7 Å². The Morgan fingerprint density at radius 3 is 2.58 bits per heavy atom. The second-order valence-corrected chi connectivity index (χ2v) is 4.27. The molecule has 0 radical (unpaired) electrons. The van der Waals surface area contributed by atoms with E-state index in [1.54, 1.807) is 19.9 Å². The maximum Gasteiger partial charge on any atom is 0.341 e. The van der Waals surface area contributed by atoms with E-state index in [1.807, 2.05) is 0 Å². The molecular formula is C14H12FNO3. The lowest BCUT2D eigenvalue weighted by atomic mass is 10.1. The van der Waals surface area contributed by atoms with Crippen molar-refractivity contribution in [3.63, 3.8) is 0 Å². The molecule has 4 nitrogen and oxygen atoms in total. The largest absolute Gasteiger partial charge is 0.477 e. The summed E-state index contributed by atoms with van der Waals surface area (Å²) < 4.78 is 14.3. The normalized spacial score (nSPS) is 10.5. The Morgan fingerprint density at radius 1 is 1.32 bits per heavy atom. The number of benzene rings is 1. The van der Waals surface area contributed by atoms with Crippen LogP contribution in [0.3, 0.4) is 0 Å². The van der Waals surface area contributed by atoms with E-state index in [4.69, 9.17) is 5.11 Å². The molecule has 98 valence electrons. The number of halogens is 1. The zero-order chi connectivity index (χ0) is 14.2. The lowest BCUT2D eigenvalue weighted by Gasteiger charge is -2.11. The number of hydrogen-bond acceptors (Lipinski definition) is 2. The molecular weight excluding hydrogens is 249 g/mol. The summed E-state index contributed by atoms with van der Waals surface area (Å²) >= 11 is 0. The lowest BCUT2D eigenvalue weighted by molar-refractivity contribution is 0.0693. The molecule has 2 rings (SSSR count). The Kier molecular flexibility index (Phi) is 3.21. The van der Waals surface area contributed by atoms with Crippen LogP contribution in [0.2, 0.25) is 0 Å². The summed E-state index contributed by atoms with van der Waals surface area (Å²) in [5.74, 6) is -1.77. The quantitative estimate of drug-likeness (QED) is 0.902. The van der Waals surface area contributed by atoms with Gasteiger partial charge in [-0.25, -0.2) is 9.18 Å². The molecule has 0 unspecified atom stereocenters. The smallest absolute Gasteiger partial charge is 0.341 e. The number of hydrogen-bond donors (Lipinski definition) is 1. The van der Waals surface area contributed by atoms with E-state index in [9.17, 15) is 14.0 Å². The van der Waals surface area contributed by atoms with Crippen LogP contribution in [0.5, 0.6) is 0 Å². The third-order valence-corrected chi connectivity index (χ3v) is 3.02. The van der Waals surface area contributed by atoms with E-state index in [1.165, 1.54) is 24.4 Å². The van der Waals surface area contributed by atoms with Gasteiger partial charge in [0, 0.05) is 6.20 Å². The molecule has 2 aromatic rings. The maximum absolute atomic E-state index is 13.2. The highest BCUT2D eigenvalue weighted by Gasteiger charge is 2.17. The molecule has 0 bridgehead atoms. The number of aryl methyl sites for hydroxylation is 1. The predicted octanol–water partition coefficient (Wildman–Crippen LogP) is 2.29. The molecule has 0 aliphatic carbocycles. The molecule has 0 spiro atoms. The van der Waals surface area contributed by atoms with E-state index >= 15 is 0 Å². The molecule has 1 aromatic carbocycles. The third-order valence-electron chi connectivity index (χ3n) is 3.02. The van der Waals surface area contributed by atoms with Gasteiger partial charge in [-0.05, 0) is 43.2 Å². The predicted molar refractivity (Wildman–Crippen MR) is 68.4 cm³/mol. The number of carbonyl (C=O) groups is 1. The van der Waals surface area contributed by atoms with Crippen LogP contribution in [0.15, 0.2) is 35.3 Å². The van der Waals surface area contributed by atoms with Crippen LogP contribution < -0.4 is 5.56 Å². The molecule has 0 amide bonds. The van der Waals surface area contributed by atoms with Crippen molar-refractivity contribution in [2.75, 3.05) is 0 Å². The van der Waals surface area contributed by atoms with Crippen molar-refractivity contribution >= 4 is 5.97 Å². The molecule has 0 saturated carbocycles. The minimum atomic E-state index is -1.28. The Balaban J connectivity index is 2.79. The summed E-state index contributed by atoms with van der Waals surface area (Å²) in [5, 5.41) is 9.11. The van der Waals surface area contributed by atoms with Crippen molar-refractivity contribution in [1.82, 2.24) is 4.57 Å². The van der Waals surface area contributed by atoms with Crippen LogP contribution in [0.1, 0.15) is 21.5 Å². The summed E-state index contributed by atoms with van der Waals surface area (Å²) in [6.07, 6.45) is 1.51. The van der Waals surface area contributed by atoms with E-state index in [0.29, 0.717) is 16.8 Å². The standard InChI is InChI=1S/C14H12FNO3/c1-8-7-16(11-5-3-4-10(15)6-11)13(17)12(9(8)2)14(18)19/h3-7H,1-2H3,(H,18,19). The summed E-state index contributed by atoms with van der Waals surface area (Å²) in [6, 6.07) is 5.45. The number of rotatable bonds is 2. The van der Waals surface area contributed by atoms with Gasteiger partial charge in [-0.3, -0.25) is 9.36 Å². The second-order valence-electron chi connectivity index (χ2n) is 4.27. The van der Waals surface area contributed by atoms with Gasteiger partial charge in [0.15, 0.2) is 0 Å². The van der Waals surface area contributed by atoms with Crippen molar-refractivity contribution in [2.45, 2.75) is 13.8 Å². The fourth-order valence-electron chi connectivity index (χ4n) is 1.90. The van der Waals surface area contributed by atoms with E-state index in [-0.39, 0.29) is 5.56 Å². The Bertz CT molecular complexity index is 719.